The van der Waals surface area contributed by atoms with E-state index in [2.05, 4.69) is 21.2 Å². The summed E-state index contributed by atoms with van der Waals surface area (Å²) < 4.78 is 39.9. The SMILES string of the molecule is Fc1cc(F)c(NCc2ccc(Br)cc2)cc1F. The van der Waals surface area contributed by atoms with Gasteiger partial charge < -0.3 is 5.32 Å². The van der Waals surface area contributed by atoms with Crippen LogP contribution in [0.15, 0.2) is 40.9 Å². The fourth-order valence-electron chi connectivity index (χ4n) is 1.46. The van der Waals surface area contributed by atoms with Crippen LogP contribution in [0.2, 0.25) is 0 Å². The van der Waals surface area contributed by atoms with Gasteiger partial charge in [-0.1, -0.05) is 28.1 Å². The van der Waals surface area contributed by atoms with Crippen LogP contribution in [0.1, 0.15) is 5.56 Å². The van der Waals surface area contributed by atoms with Gasteiger partial charge >= 0.3 is 0 Å². The molecule has 2 aromatic carbocycles. The van der Waals surface area contributed by atoms with Crippen LogP contribution in [0.3, 0.4) is 0 Å². The largest absolute Gasteiger partial charge is 0.379 e. The molecule has 0 aliphatic carbocycles. The lowest BCUT2D eigenvalue weighted by Crippen LogP contribution is -2.02. The lowest BCUT2D eigenvalue weighted by atomic mass is 10.2. The van der Waals surface area contributed by atoms with Crippen molar-refractivity contribution in [3.8, 4) is 0 Å². The zero-order valence-electron chi connectivity index (χ0n) is 9.18. The fraction of sp³-hybridized carbons (Fsp3) is 0.0769. The van der Waals surface area contributed by atoms with Crippen LogP contribution in [0.25, 0.3) is 0 Å². The van der Waals surface area contributed by atoms with E-state index in [4.69, 9.17) is 0 Å². The molecular formula is C13H9BrF3N. The average molecular weight is 316 g/mol. The molecule has 0 aliphatic rings. The minimum absolute atomic E-state index is 0.0585. The second-order valence-electron chi connectivity index (χ2n) is 3.73. The Kier molecular flexibility index (Phi) is 3.91. The first kappa shape index (κ1) is 13.0. The van der Waals surface area contributed by atoms with Gasteiger partial charge in [-0.3, -0.25) is 0 Å². The van der Waals surface area contributed by atoms with Crippen molar-refractivity contribution < 1.29 is 13.2 Å². The minimum atomic E-state index is -1.19. The Balaban J connectivity index is 2.10. The molecule has 0 spiro atoms. The maximum absolute atomic E-state index is 13.3. The minimum Gasteiger partial charge on any atom is -0.379 e. The van der Waals surface area contributed by atoms with Crippen LogP contribution in [-0.2, 0) is 6.54 Å². The first-order chi connectivity index (χ1) is 8.56. The van der Waals surface area contributed by atoms with Gasteiger partial charge in [0.25, 0.3) is 0 Å². The first-order valence-electron chi connectivity index (χ1n) is 5.19. The Hall–Kier alpha value is -1.49. The Labute approximate surface area is 111 Å². The molecule has 0 saturated carbocycles. The number of benzene rings is 2. The zero-order chi connectivity index (χ0) is 13.1. The van der Waals surface area contributed by atoms with E-state index in [1.54, 1.807) is 0 Å². The predicted octanol–water partition coefficient (Wildman–Crippen LogP) is 4.48. The molecule has 1 N–H and O–H groups in total. The summed E-state index contributed by atoms with van der Waals surface area (Å²) >= 11 is 3.30. The van der Waals surface area contributed by atoms with Crippen LogP contribution < -0.4 is 5.32 Å². The van der Waals surface area contributed by atoms with Gasteiger partial charge in [0.15, 0.2) is 11.6 Å². The van der Waals surface area contributed by atoms with Gasteiger partial charge in [-0.15, -0.1) is 0 Å². The highest BCUT2D eigenvalue weighted by molar-refractivity contribution is 9.10. The molecule has 0 bridgehead atoms. The normalized spacial score (nSPS) is 10.4. The van der Waals surface area contributed by atoms with Crippen molar-refractivity contribution in [2.75, 3.05) is 5.32 Å². The molecule has 0 saturated heterocycles. The smallest absolute Gasteiger partial charge is 0.161 e. The molecule has 18 heavy (non-hydrogen) atoms. The molecule has 0 amide bonds. The molecular weight excluding hydrogens is 307 g/mol. The predicted molar refractivity (Wildman–Crippen MR) is 67.8 cm³/mol. The summed E-state index contributed by atoms with van der Waals surface area (Å²) in [6.07, 6.45) is 0. The lowest BCUT2D eigenvalue weighted by Gasteiger charge is -2.08. The quantitative estimate of drug-likeness (QED) is 0.823. The van der Waals surface area contributed by atoms with Crippen molar-refractivity contribution in [1.29, 1.82) is 0 Å². The van der Waals surface area contributed by atoms with Crippen LogP contribution in [-0.4, -0.2) is 0 Å². The highest BCUT2D eigenvalue weighted by Crippen LogP contribution is 2.19. The topological polar surface area (TPSA) is 12.0 Å². The molecule has 0 heterocycles. The molecule has 0 radical (unpaired) electrons. The number of hydrogen-bond acceptors (Lipinski definition) is 1. The van der Waals surface area contributed by atoms with Crippen LogP contribution in [0.5, 0.6) is 0 Å². The summed E-state index contributed by atoms with van der Waals surface area (Å²) in [5.74, 6) is -3.08. The Morgan fingerprint density at radius 3 is 2.17 bits per heavy atom. The average Bonchev–Trinajstić information content (AvgIpc) is 2.34. The maximum atomic E-state index is 13.3. The summed E-state index contributed by atoms with van der Waals surface area (Å²) in [5, 5.41) is 2.72. The van der Waals surface area contributed by atoms with Crippen molar-refractivity contribution in [2.45, 2.75) is 6.54 Å². The Morgan fingerprint density at radius 2 is 1.50 bits per heavy atom. The summed E-state index contributed by atoms with van der Waals surface area (Å²) in [4.78, 5) is 0. The third kappa shape index (κ3) is 3.04. The van der Waals surface area contributed by atoms with Crippen LogP contribution in [0, 0.1) is 17.5 Å². The number of anilines is 1. The van der Waals surface area contributed by atoms with Gasteiger partial charge in [0.2, 0.25) is 0 Å². The van der Waals surface area contributed by atoms with E-state index in [1.807, 2.05) is 24.3 Å². The third-order valence-electron chi connectivity index (χ3n) is 2.41. The molecule has 2 rings (SSSR count). The van der Waals surface area contributed by atoms with Crippen molar-refractivity contribution in [3.05, 3.63) is 63.9 Å². The molecule has 0 aliphatic heterocycles. The molecule has 5 heteroatoms. The number of halogens is 4. The molecule has 0 unspecified atom stereocenters. The molecule has 2 aromatic rings. The first-order valence-corrected chi connectivity index (χ1v) is 5.98. The second-order valence-corrected chi connectivity index (χ2v) is 4.64. The van der Waals surface area contributed by atoms with Crippen LogP contribution in [0.4, 0.5) is 18.9 Å². The van der Waals surface area contributed by atoms with Gasteiger partial charge in [-0.2, -0.15) is 0 Å². The Bertz CT molecular complexity index is 555. The maximum Gasteiger partial charge on any atom is 0.161 e. The van der Waals surface area contributed by atoms with E-state index in [-0.39, 0.29) is 5.69 Å². The van der Waals surface area contributed by atoms with Crippen molar-refractivity contribution in [1.82, 2.24) is 0 Å². The Morgan fingerprint density at radius 1 is 0.889 bits per heavy atom. The van der Waals surface area contributed by atoms with Crippen molar-refractivity contribution >= 4 is 21.6 Å². The van der Waals surface area contributed by atoms with Gasteiger partial charge in [0, 0.05) is 23.2 Å². The van der Waals surface area contributed by atoms with E-state index in [1.165, 1.54) is 0 Å². The van der Waals surface area contributed by atoms with Crippen LogP contribution >= 0.6 is 15.9 Å². The molecule has 0 fully saturated rings. The zero-order valence-corrected chi connectivity index (χ0v) is 10.8. The molecule has 1 nitrogen and oxygen atoms in total. The molecule has 0 atom stereocenters. The van der Waals surface area contributed by atoms with Crippen molar-refractivity contribution in [2.24, 2.45) is 0 Å². The van der Waals surface area contributed by atoms with E-state index in [0.29, 0.717) is 12.6 Å². The molecule has 0 aromatic heterocycles. The summed E-state index contributed by atoms with van der Waals surface area (Å²) in [5.41, 5.74) is 0.846. The molecule has 94 valence electrons. The highest BCUT2D eigenvalue weighted by Gasteiger charge is 2.09. The van der Waals surface area contributed by atoms with E-state index < -0.39 is 17.5 Å². The number of rotatable bonds is 3. The monoisotopic (exact) mass is 315 g/mol. The van der Waals surface area contributed by atoms with E-state index >= 15 is 0 Å². The lowest BCUT2D eigenvalue weighted by molar-refractivity contribution is 0.496. The summed E-state index contributed by atoms with van der Waals surface area (Å²) in [7, 11) is 0. The number of hydrogen-bond donors (Lipinski definition) is 1. The third-order valence-corrected chi connectivity index (χ3v) is 2.93. The van der Waals surface area contributed by atoms with E-state index in [9.17, 15) is 13.2 Å². The van der Waals surface area contributed by atoms with Crippen molar-refractivity contribution in [3.63, 3.8) is 0 Å². The summed E-state index contributed by atoms with van der Waals surface area (Å²) in [6.45, 7) is 0.329. The van der Waals surface area contributed by atoms with Gasteiger partial charge in [-0.25, -0.2) is 13.2 Å². The standard InChI is InChI=1S/C13H9BrF3N/c14-9-3-1-8(2-4-9)7-18-13-6-11(16)10(15)5-12(13)17/h1-6,18H,7H2. The number of nitrogens with one attached hydrogen (secondary N) is 1. The van der Waals surface area contributed by atoms with Gasteiger partial charge in [-0.05, 0) is 17.7 Å². The van der Waals surface area contributed by atoms with Gasteiger partial charge in [0.05, 0.1) is 5.69 Å². The second kappa shape index (κ2) is 5.44. The van der Waals surface area contributed by atoms with E-state index in [0.717, 1.165) is 16.1 Å². The highest BCUT2D eigenvalue weighted by atomic mass is 79.9. The summed E-state index contributed by atoms with van der Waals surface area (Å²) in [6, 6.07) is 8.71. The fourth-order valence-corrected chi connectivity index (χ4v) is 1.72. The van der Waals surface area contributed by atoms with Gasteiger partial charge in [0.1, 0.15) is 5.82 Å².